The molecule has 19 heavy (non-hydrogen) atoms. The molecule has 0 unspecified atom stereocenters. The Morgan fingerprint density at radius 1 is 1.37 bits per heavy atom. The van der Waals surface area contributed by atoms with Gasteiger partial charge in [0.25, 0.3) is 0 Å². The third-order valence-corrected chi connectivity index (χ3v) is 3.76. The van der Waals surface area contributed by atoms with Crippen molar-refractivity contribution < 1.29 is 0 Å². The summed E-state index contributed by atoms with van der Waals surface area (Å²) in [4.78, 5) is 9.01. The zero-order valence-corrected chi connectivity index (χ0v) is 11.6. The summed E-state index contributed by atoms with van der Waals surface area (Å²) in [7, 11) is 0. The average Bonchev–Trinajstić information content (AvgIpc) is 2.79. The molecular formula is C15H20N4. The van der Waals surface area contributed by atoms with Crippen LogP contribution >= 0.6 is 0 Å². The second-order valence-electron chi connectivity index (χ2n) is 5.28. The average molecular weight is 256 g/mol. The molecule has 0 aliphatic carbocycles. The molecule has 0 aromatic carbocycles. The highest BCUT2D eigenvalue weighted by molar-refractivity contribution is 5.35. The summed E-state index contributed by atoms with van der Waals surface area (Å²) >= 11 is 0. The lowest BCUT2D eigenvalue weighted by Gasteiger charge is -2.22. The molecule has 4 nitrogen and oxygen atoms in total. The van der Waals surface area contributed by atoms with Crippen molar-refractivity contribution in [1.29, 1.82) is 0 Å². The summed E-state index contributed by atoms with van der Waals surface area (Å²) in [6, 6.07) is 4.25. The van der Waals surface area contributed by atoms with Crippen LogP contribution in [0, 0.1) is 13.8 Å². The van der Waals surface area contributed by atoms with Gasteiger partial charge in [-0.2, -0.15) is 0 Å². The summed E-state index contributed by atoms with van der Waals surface area (Å²) in [5.74, 6) is 1.56. The topological polar surface area (TPSA) is 42.7 Å². The van der Waals surface area contributed by atoms with E-state index in [-0.39, 0.29) is 0 Å². The van der Waals surface area contributed by atoms with Crippen LogP contribution in [0.3, 0.4) is 0 Å². The zero-order chi connectivity index (χ0) is 13.2. The molecule has 1 aliphatic heterocycles. The van der Waals surface area contributed by atoms with Gasteiger partial charge in [0.05, 0.1) is 11.4 Å². The van der Waals surface area contributed by atoms with Gasteiger partial charge in [-0.15, -0.1) is 0 Å². The van der Waals surface area contributed by atoms with Gasteiger partial charge < -0.3 is 9.88 Å². The first-order chi connectivity index (χ1) is 9.24. The highest BCUT2D eigenvalue weighted by Gasteiger charge is 2.17. The highest BCUT2D eigenvalue weighted by Crippen LogP contribution is 2.23. The van der Waals surface area contributed by atoms with Crippen molar-refractivity contribution in [3.05, 3.63) is 41.7 Å². The van der Waals surface area contributed by atoms with E-state index in [0.29, 0.717) is 5.92 Å². The van der Waals surface area contributed by atoms with E-state index < -0.39 is 0 Å². The third-order valence-electron chi connectivity index (χ3n) is 3.76. The summed E-state index contributed by atoms with van der Waals surface area (Å²) in [5.41, 5.74) is 3.40. The van der Waals surface area contributed by atoms with E-state index in [1.165, 1.54) is 18.5 Å². The molecule has 100 valence electrons. The fourth-order valence-corrected chi connectivity index (χ4v) is 2.79. The lowest BCUT2D eigenvalue weighted by Crippen LogP contribution is -2.28. The van der Waals surface area contributed by atoms with E-state index in [1.54, 1.807) is 0 Å². The Balaban J connectivity index is 1.93. The maximum Gasteiger partial charge on any atom is 0.110 e. The number of aryl methyl sites for hydroxylation is 2. The van der Waals surface area contributed by atoms with Gasteiger partial charge in [-0.25, -0.2) is 4.98 Å². The Hall–Kier alpha value is -1.68. The smallest absolute Gasteiger partial charge is 0.110 e. The molecule has 2 aromatic heterocycles. The second-order valence-corrected chi connectivity index (χ2v) is 5.28. The summed E-state index contributed by atoms with van der Waals surface area (Å²) in [6.07, 6.45) is 6.45. The van der Waals surface area contributed by atoms with Crippen molar-refractivity contribution in [2.75, 3.05) is 13.1 Å². The lowest BCUT2D eigenvalue weighted by molar-refractivity contribution is 0.454. The van der Waals surface area contributed by atoms with E-state index in [4.69, 9.17) is 0 Å². The number of hydrogen-bond donors (Lipinski definition) is 1. The van der Waals surface area contributed by atoms with E-state index in [2.05, 4.69) is 32.1 Å². The van der Waals surface area contributed by atoms with Crippen molar-refractivity contribution in [3.8, 4) is 5.69 Å². The van der Waals surface area contributed by atoms with Crippen molar-refractivity contribution >= 4 is 0 Å². The van der Waals surface area contributed by atoms with Gasteiger partial charge in [0.15, 0.2) is 0 Å². The first-order valence-corrected chi connectivity index (χ1v) is 6.93. The fourth-order valence-electron chi connectivity index (χ4n) is 2.79. The molecule has 0 spiro atoms. The van der Waals surface area contributed by atoms with Crippen LogP contribution in [0.25, 0.3) is 5.69 Å². The number of hydrogen-bond acceptors (Lipinski definition) is 3. The summed E-state index contributed by atoms with van der Waals surface area (Å²) in [5, 5.41) is 3.45. The standard InChI is InChI=1S/C15H20N4/c1-11-10-19(12(2)18-11)14-5-7-17-15(8-14)13-4-3-6-16-9-13/h5,7-8,10,13,16H,3-4,6,9H2,1-2H3/t13-/m1/s1. The number of nitrogens with one attached hydrogen (secondary N) is 1. The van der Waals surface area contributed by atoms with E-state index in [9.17, 15) is 0 Å². The SMILES string of the molecule is Cc1cn(-c2ccnc([C@@H]3CCCNC3)c2)c(C)n1. The van der Waals surface area contributed by atoms with Crippen LogP contribution in [-0.2, 0) is 0 Å². The van der Waals surface area contributed by atoms with Crippen LogP contribution < -0.4 is 5.32 Å². The molecule has 3 heterocycles. The molecule has 1 aliphatic rings. The molecule has 0 saturated carbocycles. The first kappa shape index (κ1) is 12.4. The number of piperidine rings is 1. The van der Waals surface area contributed by atoms with E-state index in [0.717, 1.165) is 30.3 Å². The Morgan fingerprint density at radius 3 is 2.95 bits per heavy atom. The third kappa shape index (κ3) is 2.54. The van der Waals surface area contributed by atoms with Gasteiger partial charge in [-0.05, 0) is 45.4 Å². The van der Waals surface area contributed by atoms with Gasteiger partial charge in [0, 0.05) is 30.6 Å². The second kappa shape index (κ2) is 5.13. The van der Waals surface area contributed by atoms with Crippen LogP contribution in [0.15, 0.2) is 24.5 Å². The molecule has 1 atom stereocenters. The molecule has 3 rings (SSSR count). The molecule has 1 saturated heterocycles. The molecule has 0 bridgehead atoms. The number of rotatable bonds is 2. The summed E-state index contributed by atoms with van der Waals surface area (Å²) < 4.78 is 2.14. The number of pyridine rings is 1. The van der Waals surface area contributed by atoms with Gasteiger partial charge in [0.1, 0.15) is 5.82 Å². The number of aromatic nitrogens is 3. The minimum atomic E-state index is 0.540. The monoisotopic (exact) mass is 256 g/mol. The fraction of sp³-hybridized carbons (Fsp3) is 0.467. The Morgan fingerprint density at radius 2 is 2.26 bits per heavy atom. The first-order valence-electron chi connectivity index (χ1n) is 6.93. The van der Waals surface area contributed by atoms with E-state index in [1.807, 2.05) is 26.1 Å². The quantitative estimate of drug-likeness (QED) is 0.897. The molecule has 0 radical (unpaired) electrons. The van der Waals surface area contributed by atoms with Gasteiger partial charge in [0.2, 0.25) is 0 Å². The zero-order valence-electron chi connectivity index (χ0n) is 11.6. The normalized spacial score (nSPS) is 19.6. The maximum atomic E-state index is 4.55. The Bertz CT molecular complexity index is 567. The Kier molecular flexibility index (Phi) is 3.34. The highest BCUT2D eigenvalue weighted by atomic mass is 15.1. The van der Waals surface area contributed by atoms with Crippen LogP contribution in [0.1, 0.15) is 36.0 Å². The van der Waals surface area contributed by atoms with Crippen LogP contribution in [0.4, 0.5) is 0 Å². The van der Waals surface area contributed by atoms with Gasteiger partial charge in [-0.1, -0.05) is 0 Å². The number of imidazole rings is 1. The predicted molar refractivity (Wildman–Crippen MR) is 75.7 cm³/mol. The van der Waals surface area contributed by atoms with Gasteiger partial charge in [-0.3, -0.25) is 4.98 Å². The van der Waals surface area contributed by atoms with Crippen molar-refractivity contribution in [1.82, 2.24) is 19.9 Å². The van der Waals surface area contributed by atoms with Crippen LogP contribution in [-0.4, -0.2) is 27.6 Å². The predicted octanol–water partition coefficient (Wildman–Crippen LogP) is 2.35. The molecule has 2 aromatic rings. The molecule has 1 N–H and O–H groups in total. The van der Waals surface area contributed by atoms with Crippen LogP contribution in [0.5, 0.6) is 0 Å². The minimum absolute atomic E-state index is 0.540. The molecule has 1 fully saturated rings. The minimum Gasteiger partial charge on any atom is -0.316 e. The molecule has 0 amide bonds. The molecular weight excluding hydrogens is 236 g/mol. The van der Waals surface area contributed by atoms with Crippen LogP contribution in [0.2, 0.25) is 0 Å². The molecule has 4 heteroatoms. The lowest BCUT2D eigenvalue weighted by atomic mass is 9.95. The largest absolute Gasteiger partial charge is 0.316 e. The van der Waals surface area contributed by atoms with E-state index >= 15 is 0 Å². The Labute approximate surface area is 113 Å². The van der Waals surface area contributed by atoms with Gasteiger partial charge >= 0.3 is 0 Å². The summed E-state index contributed by atoms with van der Waals surface area (Å²) in [6.45, 7) is 6.24. The van der Waals surface area contributed by atoms with Crippen molar-refractivity contribution in [2.45, 2.75) is 32.6 Å². The maximum absolute atomic E-state index is 4.55. The number of nitrogens with zero attached hydrogens (tertiary/aromatic N) is 3. The van der Waals surface area contributed by atoms with Crippen molar-refractivity contribution in [3.63, 3.8) is 0 Å². The van der Waals surface area contributed by atoms with Crippen molar-refractivity contribution in [2.24, 2.45) is 0 Å².